The zero-order valence-corrected chi connectivity index (χ0v) is 12.5. The molecule has 2 nitrogen and oxygen atoms in total. The first-order valence-electron chi connectivity index (χ1n) is 7.03. The average Bonchev–Trinajstić information content (AvgIpc) is 2.27. The summed E-state index contributed by atoms with van der Waals surface area (Å²) in [5.41, 5.74) is 10.0. The van der Waals surface area contributed by atoms with Crippen LogP contribution in [0.25, 0.3) is 0 Å². The van der Waals surface area contributed by atoms with Crippen LogP contribution in [0.15, 0.2) is 18.2 Å². The maximum Gasteiger partial charge on any atom is 0.0473 e. The monoisotopic (exact) mass is 248 g/mol. The molecular weight excluding hydrogens is 220 g/mol. The quantitative estimate of drug-likeness (QED) is 0.836. The van der Waals surface area contributed by atoms with E-state index in [9.17, 15) is 0 Å². The summed E-state index contributed by atoms with van der Waals surface area (Å²) in [6.07, 6.45) is 1.17. The summed E-state index contributed by atoms with van der Waals surface area (Å²) >= 11 is 0. The molecule has 1 aromatic rings. The van der Waals surface area contributed by atoms with Gasteiger partial charge < -0.3 is 5.73 Å². The Kier molecular flexibility index (Phi) is 5.83. The molecule has 102 valence electrons. The smallest absolute Gasteiger partial charge is 0.0473 e. The van der Waals surface area contributed by atoms with Gasteiger partial charge in [-0.25, -0.2) is 0 Å². The van der Waals surface area contributed by atoms with E-state index in [-0.39, 0.29) is 0 Å². The van der Waals surface area contributed by atoms with E-state index in [0.29, 0.717) is 18.6 Å². The molecule has 1 aromatic carbocycles. The molecule has 0 amide bonds. The van der Waals surface area contributed by atoms with Gasteiger partial charge in [-0.05, 0) is 46.2 Å². The highest BCUT2D eigenvalue weighted by molar-refractivity contribution is 5.31. The van der Waals surface area contributed by atoms with Gasteiger partial charge in [-0.3, -0.25) is 4.90 Å². The van der Waals surface area contributed by atoms with Crippen molar-refractivity contribution >= 4 is 0 Å². The lowest BCUT2D eigenvalue weighted by molar-refractivity contribution is 0.157. The third-order valence-electron chi connectivity index (χ3n) is 3.40. The SMILES string of the molecule is CCCN(C(C)C)C(CN)c1cc(C)cc(C)c1. The van der Waals surface area contributed by atoms with E-state index in [0.717, 1.165) is 6.54 Å². The van der Waals surface area contributed by atoms with Crippen LogP contribution < -0.4 is 5.73 Å². The highest BCUT2D eigenvalue weighted by Crippen LogP contribution is 2.24. The molecule has 0 aliphatic carbocycles. The van der Waals surface area contributed by atoms with Crippen LogP contribution in [0, 0.1) is 13.8 Å². The molecule has 1 unspecified atom stereocenters. The molecule has 0 radical (unpaired) electrons. The number of aryl methyl sites for hydroxylation is 2. The molecule has 0 aliphatic heterocycles. The predicted molar refractivity (Wildman–Crippen MR) is 79.8 cm³/mol. The Labute approximate surface area is 112 Å². The first-order chi connectivity index (χ1) is 8.49. The van der Waals surface area contributed by atoms with E-state index in [4.69, 9.17) is 5.73 Å². The van der Waals surface area contributed by atoms with E-state index in [2.05, 4.69) is 57.7 Å². The highest BCUT2D eigenvalue weighted by Gasteiger charge is 2.21. The van der Waals surface area contributed by atoms with Crippen molar-refractivity contribution in [3.05, 3.63) is 34.9 Å². The van der Waals surface area contributed by atoms with Crippen LogP contribution in [0.2, 0.25) is 0 Å². The number of nitrogens with zero attached hydrogens (tertiary/aromatic N) is 1. The van der Waals surface area contributed by atoms with Crippen LogP contribution in [0.3, 0.4) is 0 Å². The normalized spacial score (nSPS) is 13.3. The summed E-state index contributed by atoms with van der Waals surface area (Å²) in [5.74, 6) is 0. The average molecular weight is 248 g/mol. The molecule has 0 saturated heterocycles. The van der Waals surface area contributed by atoms with Crippen molar-refractivity contribution in [2.75, 3.05) is 13.1 Å². The third-order valence-corrected chi connectivity index (χ3v) is 3.40. The largest absolute Gasteiger partial charge is 0.329 e. The van der Waals surface area contributed by atoms with Gasteiger partial charge in [0.15, 0.2) is 0 Å². The molecule has 0 aromatic heterocycles. The van der Waals surface area contributed by atoms with Gasteiger partial charge in [-0.1, -0.05) is 36.2 Å². The first-order valence-corrected chi connectivity index (χ1v) is 7.03. The Bertz CT molecular complexity index is 351. The van der Waals surface area contributed by atoms with Crippen molar-refractivity contribution in [3.8, 4) is 0 Å². The number of benzene rings is 1. The number of rotatable bonds is 6. The van der Waals surface area contributed by atoms with Gasteiger partial charge in [-0.2, -0.15) is 0 Å². The molecule has 18 heavy (non-hydrogen) atoms. The summed E-state index contributed by atoms with van der Waals surface area (Å²) in [4.78, 5) is 2.51. The van der Waals surface area contributed by atoms with Crippen molar-refractivity contribution < 1.29 is 0 Å². The molecule has 0 bridgehead atoms. The molecule has 0 aliphatic rings. The maximum absolute atomic E-state index is 6.03. The van der Waals surface area contributed by atoms with Gasteiger partial charge >= 0.3 is 0 Å². The fraction of sp³-hybridized carbons (Fsp3) is 0.625. The van der Waals surface area contributed by atoms with Crippen molar-refractivity contribution in [2.24, 2.45) is 5.73 Å². The first kappa shape index (κ1) is 15.2. The second-order valence-electron chi connectivity index (χ2n) is 5.50. The summed E-state index contributed by atoms with van der Waals surface area (Å²) in [6.45, 7) is 12.8. The molecule has 1 rings (SSSR count). The van der Waals surface area contributed by atoms with Gasteiger partial charge in [-0.15, -0.1) is 0 Å². The summed E-state index contributed by atoms with van der Waals surface area (Å²) in [5, 5.41) is 0. The van der Waals surface area contributed by atoms with Gasteiger partial charge in [0.05, 0.1) is 0 Å². The topological polar surface area (TPSA) is 29.3 Å². The fourth-order valence-electron chi connectivity index (χ4n) is 2.70. The Morgan fingerprint density at radius 3 is 2.06 bits per heavy atom. The summed E-state index contributed by atoms with van der Waals surface area (Å²) < 4.78 is 0. The number of nitrogens with two attached hydrogens (primary N) is 1. The minimum absolute atomic E-state index is 0.337. The van der Waals surface area contributed by atoms with Crippen LogP contribution in [0.5, 0.6) is 0 Å². The fourth-order valence-corrected chi connectivity index (χ4v) is 2.70. The zero-order chi connectivity index (χ0) is 13.7. The second-order valence-corrected chi connectivity index (χ2v) is 5.50. The Morgan fingerprint density at radius 2 is 1.67 bits per heavy atom. The summed E-state index contributed by atoms with van der Waals surface area (Å²) in [6, 6.07) is 7.63. The van der Waals surface area contributed by atoms with Crippen LogP contribution >= 0.6 is 0 Å². The predicted octanol–water partition coefficient (Wildman–Crippen LogP) is 3.42. The summed E-state index contributed by atoms with van der Waals surface area (Å²) in [7, 11) is 0. The van der Waals surface area contributed by atoms with E-state index < -0.39 is 0 Å². The van der Waals surface area contributed by atoms with Crippen molar-refractivity contribution in [1.29, 1.82) is 0 Å². The number of hydrogen-bond acceptors (Lipinski definition) is 2. The lowest BCUT2D eigenvalue weighted by atomic mass is 9.99. The minimum Gasteiger partial charge on any atom is -0.329 e. The molecular formula is C16H28N2. The Balaban J connectivity index is 3.06. The number of hydrogen-bond donors (Lipinski definition) is 1. The van der Waals surface area contributed by atoms with E-state index in [1.165, 1.54) is 23.1 Å². The molecule has 2 heteroatoms. The second kappa shape index (κ2) is 6.91. The lowest BCUT2D eigenvalue weighted by Gasteiger charge is -2.34. The van der Waals surface area contributed by atoms with E-state index >= 15 is 0 Å². The highest BCUT2D eigenvalue weighted by atomic mass is 15.2. The van der Waals surface area contributed by atoms with E-state index in [1.54, 1.807) is 0 Å². The Morgan fingerprint density at radius 1 is 1.11 bits per heavy atom. The van der Waals surface area contributed by atoms with Gasteiger partial charge in [0, 0.05) is 18.6 Å². The standard InChI is InChI=1S/C16H28N2/c1-6-7-18(12(2)3)16(11-17)15-9-13(4)8-14(5)10-15/h8-10,12,16H,6-7,11,17H2,1-5H3. The van der Waals surface area contributed by atoms with Crippen LogP contribution in [0.4, 0.5) is 0 Å². The van der Waals surface area contributed by atoms with Crippen molar-refractivity contribution in [2.45, 2.75) is 53.1 Å². The molecule has 0 fully saturated rings. The van der Waals surface area contributed by atoms with Crippen LogP contribution in [-0.4, -0.2) is 24.0 Å². The van der Waals surface area contributed by atoms with E-state index in [1.807, 2.05) is 0 Å². The van der Waals surface area contributed by atoms with Crippen molar-refractivity contribution in [3.63, 3.8) is 0 Å². The maximum atomic E-state index is 6.03. The van der Waals surface area contributed by atoms with Crippen molar-refractivity contribution in [1.82, 2.24) is 4.90 Å². The van der Waals surface area contributed by atoms with Gasteiger partial charge in [0.2, 0.25) is 0 Å². The van der Waals surface area contributed by atoms with Crippen LogP contribution in [0.1, 0.15) is 49.9 Å². The third kappa shape index (κ3) is 3.82. The zero-order valence-electron chi connectivity index (χ0n) is 12.5. The lowest BCUT2D eigenvalue weighted by Crippen LogP contribution is -2.39. The molecule has 1 atom stereocenters. The molecule has 2 N–H and O–H groups in total. The van der Waals surface area contributed by atoms with Crippen LogP contribution in [-0.2, 0) is 0 Å². The Hall–Kier alpha value is -0.860. The molecule has 0 spiro atoms. The van der Waals surface area contributed by atoms with Gasteiger partial charge in [0.25, 0.3) is 0 Å². The molecule has 0 saturated carbocycles. The molecule has 0 heterocycles. The van der Waals surface area contributed by atoms with Gasteiger partial charge in [0.1, 0.15) is 0 Å². The minimum atomic E-state index is 0.337.